The fourth-order valence-corrected chi connectivity index (χ4v) is 4.70. The van der Waals surface area contributed by atoms with Crippen LogP contribution in [0.1, 0.15) is 32.1 Å². The number of ether oxygens (including phenoxy) is 1. The number of carbonyl (C=O) groups excluding carboxylic acids is 4. The molecule has 0 radical (unpaired) electrons. The van der Waals surface area contributed by atoms with Gasteiger partial charge >= 0.3 is 5.97 Å². The molecule has 150 valence electrons. The standard InChI is InChI=1S/C20H24N2O5S/c21-17(23)11-28-16-7-2-1-6-15(16)22-18(24)10-27-20(26)14-8-12-4-3-5-13(9-14)19(12)25/h1-2,6-7,12-14H,3-5,8-11H2,(H2,21,23)(H,22,24)/t12-,13-/m1/s1. The second kappa shape index (κ2) is 9.23. The van der Waals surface area contributed by atoms with Gasteiger partial charge in [0.2, 0.25) is 5.91 Å². The summed E-state index contributed by atoms with van der Waals surface area (Å²) in [6.07, 6.45) is 3.79. The number of rotatable bonds is 7. The van der Waals surface area contributed by atoms with Crippen molar-refractivity contribution in [3.8, 4) is 0 Å². The lowest BCUT2D eigenvalue weighted by molar-refractivity contribution is -0.155. The highest BCUT2D eigenvalue weighted by atomic mass is 32.2. The third kappa shape index (κ3) is 5.13. The summed E-state index contributed by atoms with van der Waals surface area (Å²) in [5.41, 5.74) is 5.69. The van der Waals surface area contributed by atoms with Crippen LogP contribution in [0.2, 0.25) is 0 Å². The van der Waals surface area contributed by atoms with Crippen molar-refractivity contribution in [2.45, 2.75) is 37.0 Å². The van der Waals surface area contributed by atoms with Crippen LogP contribution in [0.3, 0.4) is 0 Å². The molecular formula is C20H24N2O5S. The summed E-state index contributed by atoms with van der Waals surface area (Å²) in [4.78, 5) is 48.4. The highest BCUT2D eigenvalue weighted by Gasteiger charge is 2.41. The van der Waals surface area contributed by atoms with Gasteiger partial charge in [0.05, 0.1) is 17.4 Å². The minimum atomic E-state index is -0.451. The van der Waals surface area contributed by atoms with Crippen LogP contribution in [0.4, 0.5) is 5.69 Å². The Kier molecular flexibility index (Phi) is 6.72. The molecule has 0 aliphatic heterocycles. The van der Waals surface area contributed by atoms with Crippen LogP contribution < -0.4 is 11.1 Å². The van der Waals surface area contributed by atoms with Gasteiger partial charge in [0, 0.05) is 16.7 Å². The Morgan fingerprint density at radius 2 is 1.82 bits per heavy atom. The number of primary amides is 1. The van der Waals surface area contributed by atoms with Gasteiger partial charge in [-0.05, 0) is 37.8 Å². The van der Waals surface area contributed by atoms with Gasteiger partial charge in [0.25, 0.3) is 5.91 Å². The van der Waals surface area contributed by atoms with E-state index < -0.39 is 17.8 Å². The van der Waals surface area contributed by atoms with Gasteiger partial charge < -0.3 is 15.8 Å². The summed E-state index contributed by atoms with van der Waals surface area (Å²) in [6.45, 7) is -0.382. The summed E-state index contributed by atoms with van der Waals surface area (Å²) < 4.78 is 5.21. The molecule has 3 rings (SSSR count). The smallest absolute Gasteiger partial charge is 0.309 e. The Labute approximate surface area is 167 Å². The number of nitrogens with two attached hydrogens (primary N) is 1. The number of benzene rings is 1. The molecule has 2 bridgehead atoms. The highest BCUT2D eigenvalue weighted by Crippen LogP contribution is 2.40. The number of thioether (sulfide) groups is 1. The third-order valence-electron chi connectivity index (χ3n) is 5.26. The second-order valence-corrected chi connectivity index (χ2v) is 8.32. The number of carbonyl (C=O) groups is 4. The second-order valence-electron chi connectivity index (χ2n) is 7.30. The van der Waals surface area contributed by atoms with Crippen molar-refractivity contribution in [3.05, 3.63) is 24.3 Å². The molecular weight excluding hydrogens is 380 g/mol. The van der Waals surface area contributed by atoms with Crippen LogP contribution >= 0.6 is 11.8 Å². The van der Waals surface area contributed by atoms with Crippen molar-refractivity contribution in [1.82, 2.24) is 0 Å². The van der Waals surface area contributed by atoms with Crippen molar-refractivity contribution < 1.29 is 23.9 Å². The highest BCUT2D eigenvalue weighted by molar-refractivity contribution is 8.00. The van der Waals surface area contributed by atoms with Crippen molar-refractivity contribution in [2.24, 2.45) is 23.5 Å². The number of anilines is 1. The quantitative estimate of drug-likeness (QED) is 0.531. The van der Waals surface area contributed by atoms with E-state index in [0.29, 0.717) is 23.4 Å². The fraction of sp³-hybridized carbons (Fsp3) is 0.500. The monoisotopic (exact) mass is 404 g/mol. The molecule has 0 saturated heterocycles. The van der Waals surface area contributed by atoms with Gasteiger partial charge in [-0.25, -0.2) is 0 Å². The van der Waals surface area contributed by atoms with Crippen LogP contribution in [0.15, 0.2) is 29.2 Å². The SMILES string of the molecule is NC(=O)CSc1ccccc1NC(=O)COC(=O)C1C[C@H]2CCC[C@H](C1)C2=O. The van der Waals surface area contributed by atoms with Crippen molar-refractivity contribution >= 4 is 41.0 Å². The first-order valence-electron chi connectivity index (χ1n) is 9.44. The number of esters is 1. The predicted molar refractivity (Wildman–Crippen MR) is 105 cm³/mol. The normalized spacial score (nSPS) is 23.7. The molecule has 28 heavy (non-hydrogen) atoms. The van der Waals surface area contributed by atoms with Gasteiger partial charge in [-0.3, -0.25) is 19.2 Å². The van der Waals surface area contributed by atoms with Crippen LogP contribution in [0.5, 0.6) is 0 Å². The molecule has 2 atom stereocenters. The van der Waals surface area contributed by atoms with E-state index in [1.165, 1.54) is 11.8 Å². The molecule has 2 amide bonds. The molecule has 2 fully saturated rings. The Morgan fingerprint density at radius 3 is 2.50 bits per heavy atom. The number of amides is 2. The maximum absolute atomic E-state index is 12.4. The molecule has 2 saturated carbocycles. The molecule has 0 aromatic heterocycles. The number of nitrogens with one attached hydrogen (secondary N) is 1. The predicted octanol–water partition coefficient (Wildman–Crippen LogP) is 2.14. The van der Waals surface area contributed by atoms with E-state index in [-0.39, 0.29) is 35.9 Å². The van der Waals surface area contributed by atoms with Gasteiger partial charge in [-0.1, -0.05) is 18.6 Å². The average Bonchev–Trinajstić information content (AvgIpc) is 2.65. The van der Waals surface area contributed by atoms with E-state index in [1.54, 1.807) is 24.3 Å². The molecule has 8 heteroatoms. The maximum atomic E-state index is 12.4. The zero-order valence-corrected chi connectivity index (χ0v) is 16.3. The van der Waals surface area contributed by atoms with Crippen LogP contribution in [-0.2, 0) is 23.9 Å². The molecule has 2 aliphatic rings. The van der Waals surface area contributed by atoms with E-state index in [0.717, 1.165) is 19.3 Å². The van der Waals surface area contributed by atoms with E-state index in [2.05, 4.69) is 5.32 Å². The van der Waals surface area contributed by atoms with Gasteiger partial charge in [0.1, 0.15) is 5.78 Å². The summed E-state index contributed by atoms with van der Waals surface area (Å²) in [5.74, 6) is -1.29. The summed E-state index contributed by atoms with van der Waals surface area (Å²) >= 11 is 1.22. The molecule has 1 aromatic rings. The minimum Gasteiger partial charge on any atom is -0.455 e. The molecule has 0 spiro atoms. The van der Waals surface area contributed by atoms with Crippen molar-refractivity contribution in [2.75, 3.05) is 17.7 Å². The number of ketones is 1. The lowest BCUT2D eigenvalue weighted by Gasteiger charge is -2.36. The zero-order chi connectivity index (χ0) is 20.1. The number of fused-ring (bicyclic) bond motifs is 2. The first kappa shape index (κ1) is 20.4. The van der Waals surface area contributed by atoms with Crippen LogP contribution in [-0.4, -0.2) is 35.9 Å². The molecule has 2 aliphatic carbocycles. The minimum absolute atomic E-state index is 0.0342. The third-order valence-corrected chi connectivity index (χ3v) is 6.35. The fourth-order valence-electron chi connectivity index (χ4n) is 3.96. The molecule has 0 unspecified atom stereocenters. The number of hydrogen-bond acceptors (Lipinski definition) is 6. The first-order chi connectivity index (χ1) is 13.4. The van der Waals surface area contributed by atoms with Crippen LogP contribution in [0.25, 0.3) is 0 Å². The average molecular weight is 404 g/mol. The van der Waals surface area contributed by atoms with Gasteiger partial charge in [-0.2, -0.15) is 0 Å². The summed E-state index contributed by atoms with van der Waals surface area (Å²) in [7, 11) is 0. The first-order valence-corrected chi connectivity index (χ1v) is 10.4. The Morgan fingerprint density at radius 1 is 1.14 bits per heavy atom. The van der Waals surface area contributed by atoms with Crippen LogP contribution in [0, 0.1) is 17.8 Å². The van der Waals surface area contributed by atoms with E-state index in [4.69, 9.17) is 10.5 Å². The molecule has 0 heterocycles. The Bertz CT molecular complexity index is 766. The molecule has 3 N–H and O–H groups in total. The van der Waals surface area contributed by atoms with Gasteiger partial charge in [0.15, 0.2) is 6.61 Å². The Balaban J connectivity index is 1.50. The maximum Gasteiger partial charge on any atom is 0.309 e. The summed E-state index contributed by atoms with van der Waals surface area (Å²) in [6, 6.07) is 7.03. The summed E-state index contributed by atoms with van der Waals surface area (Å²) in [5, 5.41) is 2.70. The zero-order valence-electron chi connectivity index (χ0n) is 15.5. The number of hydrogen-bond donors (Lipinski definition) is 2. The van der Waals surface area contributed by atoms with E-state index in [9.17, 15) is 19.2 Å². The lowest BCUT2D eigenvalue weighted by Crippen LogP contribution is -2.40. The molecule has 7 nitrogen and oxygen atoms in total. The largest absolute Gasteiger partial charge is 0.455 e. The topological polar surface area (TPSA) is 116 Å². The van der Waals surface area contributed by atoms with E-state index in [1.807, 2.05) is 0 Å². The van der Waals surface area contributed by atoms with Crippen molar-refractivity contribution in [1.29, 1.82) is 0 Å². The van der Waals surface area contributed by atoms with E-state index >= 15 is 0 Å². The molecule has 1 aromatic carbocycles. The number of Topliss-reactive ketones (excluding diaryl/α,β-unsaturated/α-hetero) is 1. The lowest BCUT2D eigenvalue weighted by atomic mass is 9.67. The van der Waals surface area contributed by atoms with Gasteiger partial charge in [-0.15, -0.1) is 11.8 Å². The number of para-hydroxylation sites is 1. The van der Waals surface area contributed by atoms with Crippen molar-refractivity contribution in [3.63, 3.8) is 0 Å². The Hall–Kier alpha value is -2.35.